The van der Waals surface area contributed by atoms with Crippen LogP contribution in [0.1, 0.15) is 31.1 Å². The average Bonchev–Trinajstić information content (AvgIpc) is 2.58. The molecule has 0 aliphatic heterocycles. The molecule has 0 heterocycles. The van der Waals surface area contributed by atoms with Crippen LogP contribution in [0, 0.1) is 0 Å². The van der Waals surface area contributed by atoms with Gasteiger partial charge < -0.3 is 14.4 Å². The van der Waals surface area contributed by atoms with E-state index < -0.39 is 17.7 Å². The standard InChI is InChI=1S/C20H26N2O5/c1-6-12-22(13-7-2)17(23)14-26-18(24)15-8-10-16(11-9-15)21-19(25)27-20(3,4)5/h6-11H,1-2,12-14H2,3-5H3,(H,21,25). The molecule has 0 bridgehead atoms. The lowest BCUT2D eigenvalue weighted by Crippen LogP contribution is -2.35. The van der Waals surface area contributed by atoms with E-state index in [2.05, 4.69) is 18.5 Å². The summed E-state index contributed by atoms with van der Waals surface area (Å²) < 4.78 is 10.2. The second kappa shape index (κ2) is 10.2. The second-order valence-corrected chi connectivity index (χ2v) is 6.66. The molecule has 1 aromatic carbocycles. The third-order valence-corrected chi connectivity index (χ3v) is 3.14. The Morgan fingerprint density at radius 2 is 1.63 bits per heavy atom. The highest BCUT2D eigenvalue weighted by atomic mass is 16.6. The Hall–Kier alpha value is -3.09. The van der Waals surface area contributed by atoms with Gasteiger partial charge in [0, 0.05) is 18.8 Å². The molecule has 1 rings (SSSR count). The Morgan fingerprint density at radius 1 is 1.07 bits per heavy atom. The van der Waals surface area contributed by atoms with E-state index in [4.69, 9.17) is 9.47 Å². The summed E-state index contributed by atoms with van der Waals surface area (Å²) in [4.78, 5) is 37.3. The Balaban J connectivity index is 2.59. The third kappa shape index (κ3) is 8.22. The summed E-state index contributed by atoms with van der Waals surface area (Å²) in [5.41, 5.74) is 0.127. The maximum absolute atomic E-state index is 12.1. The highest BCUT2D eigenvalue weighted by Crippen LogP contribution is 2.13. The van der Waals surface area contributed by atoms with Gasteiger partial charge in [-0.1, -0.05) is 12.2 Å². The topological polar surface area (TPSA) is 84.9 Å². The number of ether oxygens (including phenoxy) is 2. The van der Waals surface area contributed by atoms with E-state index in [-0.39, 0.29) is 18.1 Å². The zero-order valence-electron chi connectivity index (χ0n) is 16.0. The lowest BCUT2D eigenvalue weighted by Gasteiger charge is -2.19. The van der Waals surface area contributed by atoms with Gasteiger partial charge in [-0.05, 0) is 45.0 Å². The second-order valence-electron chi connectivity index (χ2n) is 6.66. The molecule has 1 aromatic rings. The fourth-order valence-corrected chi connectivity index (χ4v) is 2.00. The van der Waals surface area contributed by atoms with Crippen LogP contribution < -0.4 is 5.32 Å². The van der Waals surface area contributed by atoms with Crippen LogP contribution in [-0.4, -0.2) is 48.2 Å². The number of nitrogens with zero attached hydrogens (tertiary/aromatic N) is 1. The van der Waals surface area contributed by atoms with Gasteiger partial charge in [-0.2, -0.15) is 0 Å². The van der Waals surface area contributed by atoms with Crippen molar-refractivity contribution in [3.8, 4) is 0 Å². The van der Waals surface area contributed by atoms with Gasteiger partial charge in [0.15, 0.2) is 6.61 Å². The highest BCUT2D eigenvalue weighted by Gasteiger charge is 2.17. The van der Waals surface area contributed by atoms with Gasteiger partial charge >= 0.3 is 12.1 Å². The summed E-state index contributed by atoms with van der Waals surface area (Å²) >= 11 is 0. The summed E-state index contributed by atoms with van der Waals surface area (Å²) in [7, 11) is 0. The first kappa shape index (κ1) is 22.0. The van der Waals surface area contributed by atoms with E-state index in [1.54, 1.807) is 45.1 Å². The van der Waals surface area contributed by atoms with Crippen LogP contribution in [0.25, 0.3) is 0 Å². The summed E-state index contributed by atoms with van der Waals surface area (Å²) in [6, 6.07) is 6.07. The predicted molar refractivity (Wildman–Crippen MR) is 104 cm³/mol. The van der Waals surface area contributed by atoms with Crippen molar-refractivity contribution in [3.63, 3.8) is 0 Å². The van der Waals surface area contributed by atoms with Crippen molar-refractivity contribution in [2.24, 2.45) is 0 Å². The number of benzene rings is 1. The van der Waals surface area contributed by atoms with Crippen molar-refractivity contribution in [2.45, 2.75) is 26.4 Å². The fraction of sp³-hybridized carbons (Fsp3) is 0.350. The van der Waals surface area contributed by atoms with Gasteiger partial charge in [-0.25, -0.2) is 9.59 Å². The number of amides is 2. The van der Waals surface area contributed by atoms with Gasteiger partial charge in [0.25, 0.3) is 5.91 Å². The van der Waals surface area contributed by atoms with Crippen LogP contribution in [0.15, 0.2) is 49.6 Å². The molecule has 1 N–H and O–H groups in total. The quantitative estimate of drug-likeness (QED) is 0.557. The Morgan fingerprint density at radius 3 is 2.11 bits per heavy atom. The zero-order chi connectivity index (χ0) is 20.4. The summed E-state index contributed by atoms with van der Waals surface area (Å²) in [5.74, 6) is -0.976. The first-order valence-electron chi connectivity index (χ1n) is 8.43. The van der Waals surface area contributed by atoms with Crippen LogP contribution >= 0.6 is 0 Å². The number of nitrogens with one attached hydrogen (secondary N) is 1. The van der Waals surface area contributed by atoms with Crippen molar-refractivity contribution >= 4 is 23.7 Å². The monoisotopic (exact) mass is 374 g/mol. The molecule has 0 aliphatic carbocycles. The fourth-order valence-electron chi connectivity index (χ4n) is 2.00. The molecule has 146 valence electrons. The molecule has 7 nitrogen and oxygen atoms in total. The Kier molecular flexibility index (Phi) is 8.26. The number of hydrogen-bond acceptors (Lipinski definition) is 5. The SMILES string of the molecule is C=CCN(CC=C)C(=O)COC(=O)c1ccc(NC(=O)OC(C)(C)C)cc1. The molecule has 0 aliphatic rings. The number of hydrogen-bond donors (Lipinski definition) is 1. The smallest absolute Gasteiger partial charge is 0.412 e. The zero-order valence-corrected chi connectivity index (χ0v) is 16.0. The van der Waals surface area contributed by atoms with E-state index in [0.29, 0.717) is 18.8 Å². The van der Waals surface area contributed by atoms with E-state index in [9.17, 15) is 14.4 Å². The van der Waals surface area contributed by atoms with E-state index in [1.165, 1.54) is 17.0 Å². The van der Waals surface area contributed by atoms with Crippen molar-refractivity contribution in [1.29, 1.82) is 0 Å². The maximum atomic E-state index is 12.1. The number of esters is 1. The molecule has 0 spiro atoms. The minimum atomic E-state index is -0.635. The molecular formula is C20H26N2O5. The lowest BCUT2D eigenvalue weighted by atomic mass is 10.2. The highest BCUT2D eigenvalue weighted by molar-refractivity contribution is 5.92. The normalized spacial score (nSPS) is 10.5. The number of rotatable bonds is 8. The molecule has 0 unspecified atom stereocenters. The number of anilines is 1. The summed E-state index contributed by atoms with van der Waals surface area (Å²) in [5, 5.41) is 2.56. The van der Waals surface area contributed by atoms with E-state index >= 15 is 0 Å². The molecule has 2 amide bonds. The molecule has 7 heteroatoms. The molecule has 0 aromatic heterocycles. The van der Waals surface area contributed by atoms with Gasteiger partial charge in [0.1, 0.15) is 5.60 Å². The Bertz CT molecular complexity index is 679. The van der Waals surface area contributed by atoms with Gasteiger partial charge in [-0.15, -0.1) is 13.2 Å². The maximum Gasteiger partial charge on any atom is 0.412 e. The van der Waals surface area contributed by atoms with Crippen LogP contribution in [0.4, 0.5) is 10.5 Å². The van der Waals surface area contributed by atoms with Crippen molar-refractivity contribution in [2.75, 3.05) is 25.0 Å². The van der Waals surface area contributed by atoms with E-state index in [1.807, 2.05) is 0 Å². The third-order valence-electron chi connectivity index (χ3n) is 3.14. The summed E-state index contributed by atoms with van der Waals surface area (Å²) in [6.45, 7) is 12.8. The first-order valence-corrected chi connectivity index (χ1v) is 8.43. The minimum Gasteiger partial charge on any atom is -0.452 e. The van der Waals surface area contributed by atoms with Crippen molar-refractivity contribution in [1.82, 2.24) is 4.90 Å². The molecule has 0 fully saturated rings. The van der Waals surface area contributed by atoms with Gasteiger partial charge in [0.2, 0.25) is 0 Å². The van der Waals surface area contributed by atoms with Crippen molar-refractivity contribution < 1.29 is 23.9 Å². The van der Waals surface area contributed by atoms with Gasteiger partial charge in [0.05, 0.1) is 5.56 Å². The van der Waals surface area contributed by atoms with E-state index in [0.717, 1.165) is 0 Å². The van der Waals surface area contributed by atoms with Crippen molar-refractivity contribution in [3.05, 3.63) is 55.1 Å². The van der Waals surface area contributed by atoms with Gasteiger partial charge in [-0.3, -0.25) is 10.1 Å². The van der Waals surface area contributed by atoms with Crippen LogP contribution in [0.3, 0.4) is 0 Å². The predicted octanol–water partition coefficient (Wildman–Crippen LogP) is 3.39. The summed E-state index contributed by atoms with van der Waals surface area (Å²) in [6.07, 6.45) is 2.58. The molecule has 0 saturated carbocycles. The van der Waals surface area contributed by atoms with Crippen LogP contribution in [0.5, 0.6) is 0 Å². The number of carbonyl (C=O) groups is 3. The molecule has 0 atom stereocenters. The minimum absolute atomic E-state index is 0.261. The van der Waals surface area contributed by atoms with Crippen LogP contribution in [0.2, 0.25) is 0 Å². The first-order chi connectivity index (χ1) is 12.7. The molecule has 27 heavy (non-hydrogen) atoms. The van der Waals surface area contributed by atoms with Crippen LogP contribution in [-0.2, 0) is 14.3 Å². The molecule has 0 radical (unpaired) electrons. The Labute approximate surface area is 159 Å². The molecule has 0 saturated heterocycles. The lowest BCUT2D eigenvalue weighted by molar-refractivity contribution is -0.133. The molecular weight excluding hydrogens is 348 g/mol. The largest absolute Gasteiger partial charge is 0.452 e. The average molecular weight is 374 g/mol. The number of carbonyl (C=O) groups excluding carboxylic acids is 3.